The Kier molecular flexibility index (Phi) is 11.1. The lowest BCUT2D eigenvalue weighted by atomic mass is 9.96. The second kappa shape index (κ2) is 16.6. The SMILES string of the molecule is CCc1nc2c(cnn2CC)c(NC2CCOCC2)c1CNC(=O)c1cccc(C(=O)NCc2ccc(C#N)c(-c3cccc(CN4C[C@@H]5C[C@H]4CN5)c3)c2)c1. The number of hydrogen-bond donors (Lipinski definition) is 4. The highest BCUT2D eigenvalue weighted by atomic mass is 16.5. The van der Waals surface area contributed by atoms with Crippen molar-refractivity contribution in [1.82, 2.24) is 35.6 Å². The van der Waals surface area contributed by atoms with Crippen LogP contribution in [0.3, 0.4) is 0 Å². The lowest BCUT2D eigenvalue weighted by Crippen LogP contribution is -2.42. The van der Waals surface area contributed by atoms with Crippen LogP contribution >= 0.6 is 0 Å². The summed E-state index contributed by atoms with van der Waals surface area (Å²) in [5.41, 5.74) is 8.92. The summed E-state index contributed by atoms with van der Waals surface area (Å²) >= 11 is 0. The second-order valence-corrected chi connectivity index (χ2v) is 15.1. The maximum absolute atomic E-state index is 13.6. The molecule has 5 aromatic rings. The predicted molar refractivity (Wildman–Crippen MR) is 216 cm³/mol. The van der Waals surface area contributed by atoms with Gasteiger partial charge in [0.25, 0.3) is 11.8 Å². The number of nitriles is 1. The number of nitrogens with zero attached hydrogens (tertiary/aromatic N) is 5. The number of nitrogens with one attached hydrogen (secondary N) is 4. The molecule has 2 aromatic heterocycles. The zero-order valence-corrected chi connectivity index (χ0v) is 32.1. The smallest absolute Gasteiger partial charge is 0.251 e. The zero-order chi connectivity index (χ0) is 38.6. The molecular weight excluding hydrogens is 703 g/mol. The number of amides is 2. The van der Waals surface area contributed by atoms with Crippen LogP contribution in [0.4, 0.5) is 5.69 Å². The van der Waals surface area contributed by atoms with Crippen LogP contribution in [0.25, 0.3) is 22.2 Å². The van der Waals surface area contributed by atoms with E-state index in [0.29, 0.717) is 55.0 Å². The van der Waals surface area contributed by atoms with Gasteiger partial charge in [0.15, 0.2) is 5.65 Å². The van der Waals surface area contributed by atoms with E-state index in [2.05, 4.69) is 62.5 Å². The highest BCUT2D eigenvalue weighted by Crippen LogP contribution is 2.32. The molecule has 3 saturated heterocycles. The van der Waals surface area contributed by atoms with Crippen molar-refractivity contribution in [2.75, 3.05) is 31.6 Å². The van der Waals surface area contributed by atoms with Crippen molar-refractivity contribution in [3.63, 3.8) is 0 Å². The fraction of sp³-hybridized carbons (Fsp3) is 0.386. The number of benzene rings is 3. The molecule has 0 aliphatic carbocycles. The van der Waals surface area contributed by atoms with Crippen LogP contribution in [0.5, 0.6) is 0 Å². The Morgan fingerprint density at radius 1 is 0.964 bits per heavy atom. The molecule has 288 valence electrons. The van der Waals surface area contributed by atoms with Crippen molar-refractivity contribution in [2.24, 2.45) is 0 Å². The number of hydrogen-bond acceptors (Lipinski definition) is 9. The minimum atomic E-state index is -0.291. The number of fused-ring (bicyclic) bond motifs is 3. The molecule has 12 nitrogen and oxygen atoms in total. The molecule has 3 aromatic carbocycles. The molecule has 8 rings (SSSR count). The number of carbonyl (C=O) groups is 2. The molecule has 0 spiro atoms. The third-order valence-electron chi connectivity index (χ3n) is 11.4. The van der Waals surface area contributed by atoms with Crippen molar-refractivity contribution in [3.8, 4) is 17.2 Å². The Morgan fingerprint density at radius 2 is 1.75 bits per heavy atom. The standard InChI is InChI=1S/C44H49N9O3/c1-3-40-38(41(50-34-13-15-56-16-14-34)39-25-49-53(4-2)42(39)51-40)24-48-44(55)32-10-6-9-31(19-32)43(54)47-22-28-11-12-33(21-45)37(18-28)30-8-5-7-29(17-30)26-52-27-35-20-36(52)23-46-35/h5-12,17-19,25,34-36,46H,3-4,13-16,20,22-24,26-27H2,1-2H3,(H,47,54)(H,48,55)(H,50,51)/t35-,36-/m0/s1. The summed E-state index contributed by atoms with van der Waals surface area (Å²) in [4.78, 5) is 34.6. The molecule has 2 amide bonds. The first-order valence-electron chi connectivity index (χ1n) is 19.9. The van der Waals surface area contributed by atoms with Gasteiger partial charge in [0.05, 0.1) is 28.9 Å². The first-order valence-corrected chi connectivity index (χ1v) is 19.9. The van der Waals surface area contributed by atoms with E-state index >= 15 is 0 Å². The van der Waals surface area contributed by atoms with Crippen LogP contribution in [-0.4, -0.2) is 75.9 Å². The lowest BCUT2D eigenvalue weighted by Gasteiger charge is -2.27. The molecule has 2 atom stereocenters. The molecule has 0 unspecified atom stereocenters. The number of pyridine rings is 1. The van der Waals surface area contributed by atoms with Gasteiger partial charge in [-0.05, 0) is 91.3 Å². The Hall–Kier alpha value is -5.61. The van der Waals surface area contributed by atoms with Gasteiger partial charge in [0.2, 0.25) is 0 Å². The van der Waals surface area contributed by atoms with Gasteiger partial charge < -0.3 is 26.0 Å². The molecule has 4 N–H and O–H groups in total. The van der Waals surface area contributed by atoms with Crippen molar-refractivity contribution < 1.29 is 14.3 Å². The third kappa shape index (κ3) is 7.89. The van der Waals surface area contributed by atoms with Gasteiger partial charge >= 0.3 is 0 Å². The van der Waals surface area contributed by atoms with Crippen molar-refractivity contribution in [2.45, 2.75) is 83.8 Å². The molecule has 12 heteroatoms. The van der Waals surface area contributed by atoms with E-state index < -0.39 is 0 Å². The summed E-state index contributed by atoms with van der Waals surface area (Å²) in [5.74, 6) is -0.573. The summed E-state index contributed by atoms with van der Waals surface area (Å²) in [6.45, 7) is 9.78. The van der Waals surface area contributed by atoms with Crippen molar-refractivity contribution in [3.05, 3.63) is 112 Å². The monoisotopic (exact) mass is 751 g/mol. The normalized spacial score (nSPS) is 18.2. The minimum absolute atomic E-state index is 0.244. The highest BCUT2D eigenvalue weighted by molar-refractivity contribution is 6.00. The molecule has 3 fully saturated rings. The molecular formula is C44H49N9O3. The molecule has 3 aliphatic heterocycles. The number of piperazine rings is 1. The van der Waals surface area contributed by atoms with Crippen LogP contribution in [0.15, 0.2) is 72.9 Å². The Bertz CT molecular complexity index is 2290. The van der Waals surface area contributed by atoms with Gasteiger partial charge in [0.1, 0.15) is 0 Å². The van der Waals surface area contributed by atoms with E-state index in [-0.39, 0.29) is 30.9 Å². The van der Waals surface area contributed by atoms with Gasteiger partial charge in [-0.2, -0.15) is 10.4 Å². The fourth-order valence-electron chi connectivity index (χ4n) is 8.41. The Balaban J connectivity index is 0.942. The first-order chi connectivity index (χ1) is 27.4. The summed E-state index contributed by atoms with van der Waals surface area (Å²) in [5, 5.41) is 28.9. The van der Waals surface area contributed by atoms with Gasteiger partial charge in [-0.1, -0.05) is 37.3 Å². The number of carbonyl (C=O) groups excluding carboxylic acids is 2. The van der Waals surface area contributed by atoms with Gasteiger partial charge in [-0.25, -0.2) is 9.67 Å². The van der Waals surface area contributed by atoms with Crippen molar-refractivity contribution in [1.29, 1.82) is 5.26 Å². The average molecular weight is 752 g/mol. The largest absolute Gasteiger partial charge is 0.381 e. The summed E-state index contributed by atoms with van der Waals surface area (Å²) in [7, 11) is 0. The molecule has 0 radical (unpaired) electrons. The van der Waals surface area contributed by atoms with E-state index in [1.165, 1.54) is 12.0 Å². The summed E-state index contributed by atoms with van der Waals surface area (Å²) in [6, 6.07) is 24.6. The van der Waals surface area contributed by atoms with E-state index in [9.17, 15) is 14.9 Å². The number of anilines is 1. The second-order valence-electron chi connectivity index (χ2n) is 15.1. The number of aryl methyl sites for hydroxylation is 2. The van der Waals surface area contributed by atoms with Crippen molar-refractivity contribution >= 4 is 28.5 Å². The molecule has 3 aliphatic rings. The maximum Gasteiger partial charge on any atom is 0.251 e. The van der Waals surface area contributed by atoms with E-state index in [4.69, 9.17) is 9.72 Å². The maximum atomic E-state index is 13.6. The van der Waals surface area contributed by atoms with Gasteiger partial charge in [-0.15, -0.1) is 0 Å². The van der Waals surface area contributed by atoms with E-state index in [1.54, 1.807) is 24.3 Å². The fourth-order valence-corrected chi connectivity index (χ4v) is 8.41. The first kappa shape index (κ1) is 37.3. The molecule has 56 heavy (non-hydrogen) atoms. The highest BCUT2D eigenvalue weighted by Gasteiger charge is 2.37. The van der Waals surface area contributed by atoms with Crippen LogP contribution in [0.1, 0.15) is 81.8 Å². The Labute approximate surface area is 327 Å². The zero-order valence-electron chi connectivity index (χ0n) is 32.1. The number of likely N-dealkylation sites (tertiary alicyclic amines) is 1. The summed E-state index contributed by atoms with van der Waals surface area (Å²) < 4.78 is 7.50. The van der Waals surface area contributed by atoms with Crippen LogP contribution in [-0.2, 0) is 37.3 Å². The number of ether oxygens (including phenoxy) is 1. The van der Waals surface area contributed by atoms with Crippen LogP contribution < -0.4 is 21.3 Å². The van der Waals surface area contributed by atoms with E-state index in [1.807, 2.05) is 42.1 Å². The van der Waals surface area contributed by atoms with Gasteiger partial charge in [-0.3, -0.25) is 14.5 Å². The topological polar surface area (TPSA) is 149 Å². The minimum Gasteiger partial charge on any atom is -0.381 e. The third-order valence-corrected chi connectivity index (χ3v) is 11.4. The quantitative estimate of drug-likeness (QED) is 0.122. The Morgan fingerprint density at radius 3 is 2.46 bits per heavy atom. The van der Waals surface area contributed by atoms with E-state index in [0.717, 1.165) is 77.1 Å². The van der Waals surface area contributed by atoms with Crippen LogP contribution in [0.2, 0.25) is 0 Å². The average Bonchev–Trinajstić information content (AvgIpc) is 3.99. The number of rotatable bonds is 13. The summed E-state index contributed by atoms with van der Waals surface area (Å²) in [6.07, 6.45) is 5.55. The lowest BCUT2D eigenvalue weighted by molar-refractivity contribution is 0.0904. The molecule has 0 saturated carbocycles. The molecule has 2 bridgehead atoms. The number of aromatic nitrogens is 3. The predicted octanol–water partition coefficient (Wildman–Crippen LogP) is 5.55. The van der Waals surface area contributed by atoms with Gasteiger partial charge in [0, 0.05) is 93.0 Å². The van der Waals surface area contributed by atoms with Crippen LogP contribution in [0, 0.1) is 11.3 Å². The molecule has 5 heterocycles.